The van der Waals surface area contributed by atoms with Gasteiger partial charge in [0.25, 0.3) is 5.91 Å². The lowest BCUT2D eigenvalue weighted by Crippen LogP contribution is -2.23. The molecule has 0 saturated heterocycles. The van der Waals surface area contributed by atoms with Crippen molar-refractivity contribution in [1.29, 1.82) is 0 Å². The average Bonchev–Trinajstić information content (AvgIpc) is 2.90. The molecule has 0 bridgehead atoms. The molecular weight excluding hydrogens is 336 g/mol. The summed E-state index contributed by atoms with van der Waals surface area (Å²) in [6.45, 7) is 0.514. The molecule has 0 aliphatic carbocycles. The maximum Gasteiger partial charge on any atom is 0.270 e. The number of hydrogen-bond donors (Lipinski definition) is 1. The van der Waals surface area contributed by atoms with E-state index < -0.39 is 0 Å². The van der Waals surface area contributed by atoms with Crippen LogP contribution in [0.5, 0.6) is 0 Å². The third-order valence-corrected chi connectivity index (χ3v) is 4.56. The number of pyridine rings is 1. The van der Waals surface area contributed by atoms with E-state index in [-0.39, 0.29) is 5.91 Å². The molecule has 0 unspecified atom stereocenters. The number of nitrogens with one attached hydrogen (secondary N) is 1. The molecule has 0 atom stereocenters. The van der Waals surface area contributed by atoms with Crippen molar-refractivity contribution in [2.45, 2.75) is 6.54 Å². The Bertz CT molecular complexity index is 764. The van der Waals surface area contributed by atoms with Crippen molar-refractivity contribution in [2.75, 3.05) is 0 Å². The van der Waals surface area contributed by atoms with Crippen LogP contribution in [0.4, 0.5) is 0 Å². The van der Waals surface area contributed by atoms with Crippen LogP contribution < -0.4 is 5.32 Å². The molecule has 0 aliphatic heterocycles. The van der Waals surface area contributed by atoms with Gasteiger partial charge in [0.05, 0.1) is 10.3 Å². The number of amides is 1. The van der Waals surface area contributed by atoms with E-state index in [4.69, 9.17) is 0 Å². The standard InChI is InChI=1S/C15H11BrN2OS/c16-13-6-5-11(20-13)9-18-15(19)14-12-4-2-1-3-10(12)7-8-17-14/h1-8H,9H2,(H,18,19). The Labute approximate surface area is 128 Å². The molecule has 1 N–H and O–H groups in total. The Morgan fingerprint density at radius 3 is 2.85 bits per heavy atom. The van der Waals surface area contributed by atoms with E-state index in [1.807, 2.05) is 42.5 Å². The summed E-state index contributed by atoms with van der Waals surface area (Å²) >= 11 is 5.02. The summed E-state index contributed by atoms with van der Waals surface area (Å²) in [5.41, 5.74) is 0.471. The average molecular weight is 347 g/mol. The first-order chi connectivity index (χ1) is 9.74. The van der Waals surface area contributed by atoms with Crippen LogP contribution in [0.15, 0.2) is 52.4 Å². The molecule has 2 heterocycles. The summed E-state index contributed by atoms with van der Waals surface area (Å²) in [6, 6.07) is 13.6. The summed E-state index contributed by atoms with van der Waals surface area (Å²) in [5, 5.41) is 4.80. The highest BCUT2D eigenvalue weighted by atomic mass is 79.9. The molecule has 1 amide bonds. The second-order valence-electron chi connectivity index (χ2n) is 4.27. The molecule has 3 rings (SSSR count). The van der Waals surface area contributed by atoms with E-state index in [1.165, 1.54) is 0 Å². The highest BCUT2D eigenvalue weighted by molar-refractivity contribution is 9.11. The number of benzene rings is 1. The second kappa shape index (κ2) is 5.73. The number of hydrogen-bond acceptors (Lipinski definition) is 3. The fourth-order valence-corrected chi connectivity index (χ4v) is 3.42. The van der Waals surface area contributed by atoms with Crippen molar-refractivity contribution in [3.8, 4) is 0 Å². The zero-order chi connectivity index (χ0) is 13.9. The van der Waals surface area contributed by atoms with Gasteiger partial charge in [0.1, 0.15) is 5.69 Å². The molecule has 0 radical (unpaired) electrons. The fourth-order valence-electron chi connectivity index (χ4n) is 2.00. The van der Waals surface area contributed by atoms with Gasteiger partial charge in [-0.2, -0.15) is 0 Å². The van der Waals surface area contributed by atoms with Gasteiger partial charge in [0.2, 0.25) is 0 Å². The highest BCUT2D eigenvalue weighted by Gasteiger charge is 2.11. The monoisotopic (exact) mass is 346 g/mol. The van der Waals surface area contributed by atoms with Crippen LogP contribution in [0.2, 0.25) is 0 Å². The number of halogens is 1. The Morgan fingerprint density at radius 2 is 2.05 bits per heavy atom. The largest absolute Gasteiger partial charge is 0.346 e. The predicted octanol–water partition coefficient (Wildman–Crippen LogP) is 3.99. The normalized spacial score (nSPS) is 10.7. The van der Waals surface area contributed by atoms with Crippen LogP contribution in [0.1, 0.15) is 15.4 Å². The minimum Gasteiger partial charge on any atom is -0.346 e. The first-order valence-electron chi connectivity index (χ1n) is 6.10. The van der Waals surface area contributed by atoms with E-state index in [9.17, 15) is 4.79 Å². The smallest absolute Gasteiger partial charge is 0.270 e. The lowest BCUT2D eigenvalue weighted by molar-refractivity contribution is 0.0948. The van der Waals surface area contributed by atoms with Gasteiger partial charge < -0.3 is 5.32 Å². The number of thiophene rings is 1. The predicted molar refractivity (Wildman–Crippen MR) is 84.9 cm³/mol. The molecule has 3 aromatic rings. The lowest BCUT2D eigenvalue weighted by Gasteiger charge is -2.06. The van der Waals surface area contributed by atoms with Crippen LogP contribution in [0.25, 0.3) is 10.8 Å². The molecule has 3 nitrogen and oxygen atoms in total. The van der Waals surface area contributed by atoms with Crippen molar-refractivity contribution >= 4 is 43.9 Å². The summed E-state index contributed by atoms with van der Waals surface area (Å²) in [4.78, 5) is 17.6. The number of nitrogens with zero attached hydrogens (tertiary/aromatic N) is 1. The van der Waals surface area contributed by atoms with Crippen LogP contribution in [-0.4, -0.2) is 10.9 Å². The molecule has 5 heteroatoms. The van der Waals surface area contributed by atoms with Crippen molar-refractivity contribution in [3.63, 3.8) is 0 Å². The van der Waals surface area contributed by atoms with Crippen molar-refractivity contribution < 1.29 is 4.79 Å². The molecule has 0 saturated carbocycles. The number of carbonyl (C=O) groups excluding carboxylic acids is 1. The third-order valence-electron chi connectivity index (χ3n) is 2.94. The number of aromatic nitrogens is 1. The number of carbonyl (C=O) groups is 1. The Kier molecular flexibility index (Phi) is 3.80. The van der Waals surface area contributed by atoms with Gasteiger partial charge in [-0.25, -0.2) is 0 Å². The molecule has 0 fully saturated rings. The molecule has 100 valence electrons. The summed E-state index contributed by atoms with van der Waals surface area (Å²) in [6.07, 6.45) is 1.67. The molecule has 2 aromatic heterocycles. The topological polar surface area (TPSA) is 42.0 Å². The summed E-state index contributed by atoms with van der Waals surface area (Å²) < 4.78 is 1.06. The van der Waals surface area contributed by atoms with Crippen LogP contribution >= 0.6 is 27.3 Å². The van der Waals surface area contributed by atoms with Gasteiger partial charge in [-0.05, 0) is 39.5 Å². The van der Waals surface area contributed by atoms with Gasteiger partial charge in [0, 0.05) is 16.5 Å². The molecule has 0 aliphatic rings. The molecule has 0 spiro atoms. The van der Waals surface area contributed by atoms with Crippen molar-refractivity contribution in [3.05, 3.63) is 63.0 Å². The van der Waals surface area contributed by atoms with Gasteiger partial charge in [-0.1, -0.05) is 24.3 Å². The van der Waals surface area contributed by atoms with Crippen molar-refractivity contribution in [1.82, 2.24) is 10.3 Å². The Morgan fingerprint density at radius 1 is 1.20 bits per heavy atom. The van der Waals surface area contributed by atoms with Gasteiger partial charge in [0.15, 0.2) is 0 Å². The second-order valence-corrected chi connectivity index (χ2v) is 6.82. The first kappa shape index (κ1) is 13.3. The van der Waals surface area contributed by atoms with Gasteiger partial charge in [-0.15, -0.1) is 11.3 Å². The molecule has 20 heavy (non-hydrogen) atoms. The van der Waals surface area contributed by atoms with Crippen molar-refractivity contribution in [2.24, 2.45) is 0 Å². The Hall–Kier alpha value is -1.72. The minimum atomic E-state index is -0.147. The molecular formula is C15H11BrN2OS. The van der Waals surface area contributed by atoms with Crippen LogP contribution in [0, 0.1) is 0 Å². The Balaban J connectivity index is 1.82. The van der Waals surface area contributed by atoms with Crippen LogP contribution in [0.3, 0.4) is 0 Å². The number of rotatable bonds is 3. The quantitative estimate of drug-likeness (QED) is 0.778. The lowest BCUT2D eigenvalue weighted by atomic mass is 10.1. The van der Waals surface area contributed by atoms with Crippen LogP contribution in [-0.2, 0) is 6.54 Å². The van der Waals surface area contributed by atoms with E-state index >= 15 is 0 Å². The number of fused-ring (bicyclic) bond motifs is 1. The van der Waals surface area contributed by atoms with E-state index in [0.717, 1.165) is 19.4 Å². The zero-order valence-corrected chi connectivity index (χ0v) is 12.9. The first-order valence-corrected chi connectivity index (χ1v) is 7.71. The summed E-state index contributed by atoms with van der Waals surface area (Å²) in [5.74, 6) is -0.147. The highest BCUT2D eigenvalue weighted by Crippen LogP contribution is 2.22. The fraction of sp³-hybridized carbons (Fsp3) is 0.0667. The van der Waals surface area contributed by atoms with E-state index in [1.54, 1.807) is 17.5 Å². The van der Waals surface area contributed by atoms with E-state index in [2.05, 4.69) is 26.2 Å². The van der Waals surface area contributed by atoms with E-state index in [0.29, 0.717) is 12.2 Å². The molecule has 1 aromatic carbocycles. The summed E-state index contributed by atoms with van der Waals surface area (Å²) in [7, 11) is 0. The van der Waals surface area contributed by atoms with Gasteiger partial charge in [-0.3, -0.25) is 9.78 Å². The maximum atomic E-state index is 12.3. The van der Waals surface area contributed by atoms with Gasteiger partial charge >= 0.3 is 0 Å². The third kappa shape index (κ3) is 2.73. The maximum absolute atomic E-state index is 12.3. The zero-order valence-electron chi connectivity index (χ0n) is 10.5. The minimum absolute atomic E-state index is 0.147. The SMILES string of the molecule is O=C(NCc1ccc(Br)s1)c1nccc2ccccc12.